The van der Waals surface area contributed by atoms with E-state index in [2.05, 4.69) is 22.1 Å². The minimum atomic E-state index is -0.948. The monoisotopic (exact) mass is 324 g/mol. The van der Waals surface area contributed by atoms with Gasteiger partial charge < -0.3 is 5.11 Å². The highest BCUT2D eigenvalue weighted by Gasteiger charge is 2.30. The summed E-state index contributed by atoms with van der Waals surface area (Å²) in [5.41, 5.74) is 1.71. The van der Waals surface area contributed by atoms with Gasteiger partial charge in [-0.15, -0.1) is 11.8 Å². The number of benzene rings is 2. The summed E-state index contributed by atoms with van der Waals surface area (Å²) in [7, 11) is 0. The molecule has 0 bridgehead atoms. The Bertz CT molecular complexity index is 878. The molecule has 0 saturated heterocycles. The van der Waals surface area contributed by atoms with Crippen LogP contribution in [-0.4, -0.2) is 25.8 Å². The lowest BCUT2D eigenvalue weighted by Gasteiger charge is -2.19. The smallest absolute Gasteiger partial charge is 0.319 e. The van der Waals surface area contributed by atoms with Gasteiger partial charge in [0.25, 0.3) is 0 Å². The molecule has 0 fully saturated rings. The van der Waals surface area contributed by atoms with Crippen molar-refractivity contribution in [2.24, 2.45) is 0 Å². The van der Waals surface area contributed by atoms with Crippen molar-refractivity contribution in [2.45, 2.75) is 23.5 Å². The van der Waals surface area contributed by atoms with E-state index in [0.29, 0.717) is 0 Å². The molecule has 116 valence electrons. The van der Waals surface area contributed by atoms with Crippen LogP contribution in [0.25, 0.3) is 22.0 Å². The van der Waals surface area contributed by atoms with E-state index in [1.807, 2.05) is 30.3 Å². The van der Waals surface area contributed by atoms with Crippen LogP contribution < -0.4 is 0 Å². The number of carboxylic acids is 1. The summed E-state index contributed by atoms with van der Waals surface area (Å²) in [6.45, 7) is 3.36. The summed E-state index contributed by atoms with van der Waals surface area (Å²) in [6.07, 6.45) is 3.16. The molecule has 2 aromatic carbocycles. The molecule has 0 unspecified atom stereocenters. The van der Waals surface area contributed by atoms with Crippen molar-refractivity contribution in [2.75, 3.05) is 0 Å². The molecule has 0 aliphatic heterocycles. The van der Waals surface area contributed by atoms with Gasteiger partial charge >= 0.3 is 5.97 Å². The van der Waals surface area contributed by atoms with Gasteiger partial charge in [0.15, 0.2) is 0 Å². The van der Waals surface area contributed by atoms with Crippen LogP contribution in [0.15, 0.2) is 59.9 Å². The topological polar surface area (TPSA) is 63.1 Å². The fourth-order valence-corrected chi connectivity index (χ4v) is 3.28. The average molecular weight is 324 g/mol. The molecule has 1 N–H and O–H groups in total. The molecular formula is C18H16N2O2S. The van der Waals surface area contributed by atoms with Crippen LogP contribution in [0.3, 0.4) is 0 Å². The van der Waals surface area contributed by atoms with Crippen LogP contribution in [-0.2, 0) is 4.79 Å². The molecule has 1 heterocycles. The van der Waals surface area contributed by atoms with E-state index in [4.69, 9.17) is 0 Å². The zero-order valence-corrected chi connectivity index (χ0v) is 13.7. The molecule has 0 spiro atoms. The maximum Gasteiger partial charge on any atom is 0.319 e. The van der Waals surface area contributed by atoms with E-state index in [-0.39, 0.29) is 0 Å². The third-order valence-corrected chi connectivity index (χ3v) is 4.79. The first-order chi connectivity index (χ1) is 11.0. The Morgan fingerprint density at radius 2 is 1.87 bits per heavy atom. The number of carboxylic acid groups (broad SMARTS) is 1. The highest BCUT2D eigenvalue weighted by atomic mass is 32.2. The van der Waals surface area contributed by atoms with Gasteiger partial charge in [-0.2, -0.15) is 0 Å². The Hall–Kier alpha value is -2.40. The molecule has 3 aromatic rings. The molecule has 0 aliphatic carbocycles. The van der Waals surface area contributed by atoms with Crippen molar-refractivity contribution in [3.8, 4) is 11.3 Å². The first-order valence-corrected chi connectivity index (χ1v) is 8.00. The van der Waals surface area contributed by atoms with E-state index in [9.17, 15) is 9.90 Å². The van der Waals surface area contributed by atoms with E-state index < -0.39 is 10.7 Å². The molecule has 5 heteroatoms. The summed E-state index contributed by atoms with van der Waals surface area (Å²) in [5.74, 6) is -0.865. The van der Waals surface area contributed by atoms with Gasteiger partial charge in [-0.3, -0.25) is 4.79 Å². The van der Waals surface area contributed by atoms with Crippen LogP contribution in [0.4, 0.5) is 0 Å². The SMILES string of the molecule is CC(C)(Sc1cncnc1-c1ccc2ccccc2c1)C(=O)O. The first kappa shape index (κ1) is 15.5. The fourth-order valence-electron chi connectivity index (χ4n) is 2.26. The van der Waals surface area contributed by atoms with Crippen molar-refractivity contribution in [1.82, 2.24) is 9.97 Å². The van der Waals surface area contributed by atoms with E-state index >= 15 is 0 Å². The Balaban J connectivity index is 2.07. The number of carbonyl (C=O) groups is 1. The summed E-state index contributed by atoms with van der Waals surface area (Å²) >= 11 is 1.26. The van der Waals surface area contributed by atoms with Gasteiger partial charge in [-0.25, -0.2) is 9.97 Å². The summed E-state index contributed by atoms with van der Waals surface area (Å²) in [6, 6.07) is 14.2. The Labute approximate surface area is 138 Å². The van der Waals surface area contributed by atoms with Gasteiger partial charge in [-0.05, 0) is 30.7 Å². The molecule has 3 rings (SSSR count). The van der Waals surface area contributed by atoms with Gasteiger partial charge in [0.2, 0.25) is 0 Å². The third-order valence-electron chi connectivity index (χ3n) is 3.58. The average Bonchev–Trinajstić information content (AvgIpc) is 2.54. The van der Waals surface area contributed by atoms with Crippen molar-refractivity contribution >= 4 is 28.5 Å². The minimum absolute atomic E-state index is 0.755. The van der Waals surface area contributed by atoms with Crippen LogP contribution in [0.2, 0.25) is 0 Å². The number of thioether (sulfide) groups is 1. The highest BCUT2D eigenvalue weighted by molar-refractivity contribution is 8.01. The van der Waals surface area contributed by atoms with E-state index in [1.54, 1.807) is 20.0 Å². The lowest BCUT2D eigenvalue weighted by atomic mass is 10.1. The molecule has 0 saturated carbocycles. The second kappa shape index (κ2) is 6.01. The Kier molecular flexibility index (Phi) is 4.05. The fraction of sp³-hybridized carbons (Fsp3) is 0.167. The lowest BCUT2D eigenvalue weighted by Crippen LogP contribution is -2.27. The summed E-state index contributed by atoms with van der Waals surface area (Å²) in [5, 5.41) is 11.6. The van der Waals surface area contributed by atoms with E-state index in [0.717, 1.165) is 26.9 Å². The Morgan fingerprint density at radius 1 is 1.13 bits per heavy atom. The second-order valence-electron chi connectivity index (χ2n) is 5.72. The molecular weight excluding hydrogens is 308 g/mol. The number of aliphatic carboxylic acids is 1. The van der Waals surface area contributed by atoms with Crippen molar-refractivity contribution < 1.29 is 9.90 Å². The zero-order valence-electron chi connectivity index (χ0n) is 12.9. The van der Waals surface area contributed by atoms with Gasteiger partial charge in [0, 0.05) is 11.8 Å². The maximum atomic E-state index is 11.4. The van der Waals surface area contributed by atoms with Crippen LogP contribution in [0, 0.1) is 0 Å². The molecule has 0 aliphatic rings. The quantitative estimate of drug-likeness (QED) is 0.727. The van der Waals surface area contributed by atoms with Gasteiger partial charge in [0.05, 0.1) is 10.6 Å². The number of fused-ring (bicyclic) bond motifs is 1. The van der Waals surface area contributed by atoms with Crippen LogP contribution >= 0.6 is 11.8 Å². The molecule has 0 radical (unpaired) electrons. The summed E-state index contributed by atoms with van der Waals surface area (Å²) in [4.78, 5) is 20.6. The second-order valence-corrected chi connectivity index (χ2v) is 7.38. The predicted octanol–water partition coefficient (Wildman–Crippen LogP) is 4.25. The minimum Gasteiger partial charge on any atom is -0.480 e. The lowest BCUT2D eigenvalue weighted by molar-refractivity contribution is -0.138. The largest absolute Gasteiger partial charge is 0.480 e. The molecule has 0 amide bonds. The Morgan fingerprint density at radius 3 is 2.61 bits per heavy atom. The number of nitrogens with zero attached hydrogens (tertiary/aromatic N) is 2. The number of hydrogen-bond donors (Lipinski definition) is 1. The zero-order chi connectivity index (χ0) is 16.4. The van der Waals surface area contributed by atoms with Gasteiger partial charge in [-0.1, -0.05) is 36.4 Å². The van der Waals surface area contributed by atoms with Crippen molar-refractivity contribution in [1.29, 1.82) is 0 Å². The van der Waals surface area contributed by atoms with Gasteiger partial charge in [0.1, 0.15) is 11.1 Å². The van der Waals surface area contributed by atoms with Crippen molar-refractivity contribution in [3.05, 3.63) is 55.0 Å². The predicted molar refractivity (Wildman–Crippen MR) is 92.5 cm³/mol. The molecule has 4 nitrogen and oxygen atoms in total. The standard InChI is InChI=1S/C18H16N2O2S/c1-18(2,17(21)22)23-15-10-19-11-20-16(15)14-8-7-12-5-3-4-6-13(12)9-14/h3-11H,1-2H3,(H,21,22). The number of aromatic nitrogens is 2. The first-order valence-electron chi connectivity index (χ1n) is 7.19. The highest BCUT2D eigenvalue weighted by Crippen LogP contribution is 2.38. The molecule has 0 atom stereocenters. The normalized spacial score (nSPS) is 11.6. The molecule has 1 aromatic heterocycles. The summed E-state index contributed by atoms with van der Waals surface area (Å²) < 4.78 is -0.948. The third kappa shape index (κ3) is 3.19. The maximum absolute atomic E-state index is 11.4. The van der Waals surface area contributed by atoms with Crippen molar-refractivity contribution in [3.63, 3.8) is 0 Å². The molecule has 23 heavy (non-hydrogen) atoms. The van der Waals surface area contributed by atoms with Crippen LogP contribution in [0.5, 0.6) is 0 Å². The van der Waals surface area contributed by atoms with Crippen LogP contribution in [0.1, 0.15) is 13.8 Å². The number of hydrogen-bond acceptors (Lipinski definition) is 4. The van der Waals surface area contributed by atoms with E-state index in [1.165, 1.54) is 18.1 Å². The number of rotatable bonds is 4.